The minimum Gasteiger partial charge on any atom is -0.389 e. The van der Waals surface area contributed by atoms with E-state index in [4.69, 9.17) is 0 Å². The summed E-state index contributed by atoms with van der Waals surface area (Å²) in [7, 11) is 0. The van der Waals surface area contributed by atoms with E-state index in [-0.39, 0.29) is 19.5 Å². The van der Waals surface area contributed by atoms with Crippen LogP contribution in [-0.4, -0.2) is 24.4 Å². The number of nitrogens with zero attached hydrogens (tertiary/aromatic N) is 1. The molecule has 0 unspecified atom stereocenters. The number of rotatable bonds is 2. The van der Waals surface area contributed by atoms with Gasteiger partial charge in [-0.05, 0) is 38.0 Å². The number of benzene rings is 1. The number of anilines is 1. The van der Waals surface area contributed by atoms with E-state index in [0.29, 0.717) is 16.8 Å². The summed E-state index contributed by atoms with van der Waals surface area (Å²) in [6.07, 6.45) is -4.14. The lowest BCUT2D eigenvalue weighted by molar-refractivity contribution is -0.0944. The fourth-order valence-electron chi connectivity index (χ4n) is 2.44. The highest BCUT2D eigenvalue weighted by Crippen LogP contribution is 2.34. The molecule has 0 fully saturated rings. The average Bonchev–Trinajstić information content (AvgIpc) is 2.40. The summed E-state index contributed by atoms with van der Waals surface area (Å²) in [5, 5.41) is 9.74. The molecule has 0 saturated carbocycles. The number of hydrogen-bond donors (Lipinski definition) is 1. The quantitative estimate of drug-likeness (QED) is 0.662. The maximum Gasteiger partial charge on any atom is 0.412 e. The smallest absolute Gasteiger partial charge is 0.389 e. The summed E-state index contributed by atoms with van der Waals surface area (Å²) >= 11 is 0. The van der Waals surface area contributed by atoms with E-state index in [9.17, 15) is 22.7 Å². The van der Waals surface area contributed by atoms with E-state index in [1.54, 1.807) is 17.9 Å². The number of aliphatic hydroxyl groups is 1. The molecule has 0 amide bonds. The number of aliphatic hydroxyl groups excluding tert-OH is 1. The van der Waals surface area contributed by atoms with Gasteiger partial charge in [-0.15, -0.1) is 0 Å². The average molecular weight is 303 g/mol. The normalized spacial score (nSPS) is 17.7. The standard InChI is InChI=1S/C15H17F4NO/c1-9-7-14(12(10(2)21)8-13(9)16)20-5-3-11(4-6-20)15(17,18)19/h3,7-8,10,21H,4-6H2,1-2H3/t10-/m0/s1. The van der Waals surface area contributed by atoms with E-state index in [0.717, 1.165) is 6.08 Å². The van der Waals surface area contributed by atoms with E-state index in [1.165, 1.54) is 13.0 Å². The zero-order valence-corrected chi connectivity index (χ0v) is 11.8. The molecule has 116 valence electrons. The van der Waals surface area contributed by atoms with E-state index in [2.05, 4.69) is 0 Å². The van der Waals surface area contributed by atoms with Gasteiger partial charge in [-0.2, -0.15) is 13.2 Å². The van der Waals surface area contributed by atoms with Gasteiger partial charge in [0.2, 0.25) is 0 Å². The van der Waals surface area contributed by atoms with Crippen LogP contribution in [0.4, 0.5) is 23.2 Å². The predicted molar refractivity (Wildman–Crippen MR) is 72.7 cm³/mol. The molecule has 1 aliphatic heterocycles. The lowest BCUT2D eigenvalue weighted by atomic mass is 10.0. The van der Waals surface area contributed by atoms with Crippen molar-refractivity contribution in [1.82, 2.24) is 0 Å². The Bertz CT molecular complexity index is 564. The van der Waals surface area contributed by atoms with Crippen molar-refractivity contribution in [3.63, 3.8) is 0 Å². The summed E-state index contributed by atoms with van der Waals surface area (Å²) in [5.41, 5.74) is 0.847. The van der Waals surface area contributed by atoms with Crippen LogP contribution in [0.15, 0.2) is 23.8 Å². The summed E-state index contributed by atoms with van der Waals surface area (Å²) in [6, 6.07) is 2.82. The van der Waals surface area contributed by atoms with Gasteiger partial charge in [0.05, 0.1) is 6.10 Å². The molecule has 0 bridgehead atoms. The summed E-state index contributed by atoms with van der Waals surface area (Å²) in [6.45, 7) is 3.38. The Balaban J connectivity index is 2.32. The molecule has 6 heteroatoms. The first-order chi connectivity index (χ1) is 9.70. The van der Waals surface area contributed by atoms with Gasteiger partial charge < -0.3 is 10.0 Å². The second-order valence-electron chi connectivity index (χ2n) is 5.26. The van der Waals surface area contributed by atoms with Gasteiger partial charge >= 0.3 is 6.18 Å². The predicted octanol–water partition coefficient (Wildman–Crippen LogP) is 3.89. The first kappa shape index (κ1) is 15.8. The molecule has 1 aromatic carbocycles. The van der Waals surface area contributed by atoms with Crippen molar-refractivity contribution in [2.24, 2.45) is 0 Å². The van der Waals surface area contributed by atoms with Crippen LogP contribution in [-0.2, 0) is 0 Å². The molecule has 21 heavy (non-hydrogen) atoms. The fourth-order valence-corrected chi connectivity index (χ4v) is 2.44. The maximum absolute atomic E-state index is 13.6. The summed E-state index contributed by atoms with van der Waals surface area (Å²) in [4.78, 5) is 1.73. The highest BCUT2D eigenvalue weighted by molar-refractivity contribution is 5.58. The monoisotopic (exact) mass is 303 g/mol. The molecule has 0 radical (unpaired) electrons. The van der Waals surface area contributed by atoms with Crippen molar-refractivity contribution in [3.8, 4) is 0 Å². The Morgan fingerprint density at radius 1 is 1.29 bits per heavy atom. The molecule has 0 spiro atoms. The van der Waals surface area contributed by atoms with Gasteiger partial charge in [-0.3, -0.25) is 0 Å². The summed E-state index contributed by atoms with van der Waals surface area (Å²) < 4.78 is 51.5. The minimum atomic E-state index is -4.29. The van der Waals surface area contributed by atoms with Crippen molar-refractivity contribution in [2.45, 2.75) is 32.5 Å². The molecule has 1 heterocycles. The lowest BCUT2D eigenvalue weighted by Crippen LogP contribution is -2.32. The van der Waals surface area contributed by atoms with E-state index < -0.39 is 23.7 Å². The molecule has 0 aromatic heterocycles. The fraction of sp³-hybridized carbons (Fsp3) is 0.467. The Labute approximate surface area is 120 Å². The van der Waals surface area contributed by atoms with Gasteiger partial charge in [0.15, 0.2) is 0 Å². The molecule has 1 aromatic rings. The van der Waals surface area contributed by atoms with Gasteiger partial charge in [-0.1, -0.05) is 6.08 Å². The molecule has 1 atom stereocenters. The third-order valence-corrected chi connectivity index (χ3v) is 3.67. The molecule has 2 nitrogen and oxygen atoms in total. The Kier molecular flexibility index (Phi) is 4.27. The second-order valence-corrected chi connectivity index (χ2v) is 5.26. The first-order valence-electron chi connectivity index (χ1n) is 6.69. The zero-order valence-electron chi connectivity index (χ0n) is 11.8. The molecule has 1 aliphatic rings. The van der Waals surface area contributed by atoms with Crippen molar-refractivity contribution in [3.05, 3.63) is 40.7 Å². The number of alkyl halides is 3. The van der Waals surface area contributed by atoms with Crippen LogP contribution >= 0.6 is 0 Å². The molecular formula is C15H17F4NO. The van der Waals surface area contributed by atoms with Crippen LogP contribution in [0, 0.1) is 12.7 Å². The Morgan fingerprint density at radius 2 is 1.95 bits per heavy atom. The molecule has 0 aliphatic carbocycles. The number of halogens is 4. The van der Waals surface area contributed by atoms with Crippen molar-refractivity contribution >= 4 is 5.69 Å². The highest BCUT2D eigenvalue weighted by Gasteiger charge is 2.35. The molecule has 1 N–H and O–H groups in total. The maximum atomic E-state index is 13.6. The molecular weight excluding hydrogens is 286 g/mol. The number of aryl methyl sites for hydroxylation is 1. The topological polar surface area (TPSA) is 23.5 Å². The molecule has 0 saturated heterocycles. The SMILES string of the molecule is Cc1cc(N2CC=C(C(F)(F)F)CC2)c([C@H](C)O)cc1F. The first-order valence-corrected chi connectivity index (χ1v) is 6.69. The lowest BCUT2D eigenvalue weighted by Gasteiger charge is -2.31. The molecule has 2 rings (SSSR count). The third-order valence-electron chi connectivity index (χ3n) is 3.67. The van der Waals surface area contributed by atoms with Gasteiger partial charge in [0.1, 0.15) is 5.82 Å². The number of hydrogen-bond acceptors (Lipinski definition) is 2. The highest BCUT2D eigenvalue weighted by atomic mass is 19.4. The van der Waals surface area contributed by atoms with Crippen molar-refractivity contribution in [2.75, 3.05) is 18.0 Å². The largest absolute Gasteiger partial charge is 0.412 e. The Hall–Kier alpha value is -1.56. The van der Waals surface area contributed by atoms with Crippen LogP contribution in [0.25, 0.3) is 0 Å². The van der Waals surface area contributed by atoms with E-state index >= 15 is 0 Å². The van der Waals surface area contributed by atoms with Gasteiger partial charge in [0, 0.05) is 29.9 Å². The van der Waals surface area contributed by atoms with E-state index in [1.807, 2.05) is 0 Å². The zero-order chi connectivity index (χ0) is 15.8. The van der Waals surface area contributed by atoms with Crippen molar-refractivity contribution < 1.29 is 22.7 Å². The summed E-state index contributed by atoms with van der Waals surface area (Å²) in [5.74, 6) is -0.432. The van der Waals surface area contributed by atoms with Crippen LogP contribution in [0.1, 0.15) is 30.6 Å². The van der Waals surface area contributed by atoms with Crippen LogP contribution in [0.2, 0.25) is 0 Å². The van der Waals surface area contributed by atoms with Gasteiger partial charge in [-0.25, -0.2) is 4.39 Å². The van der Waals surface area contributed by atoms with Crippen molar-refractivity contribution in [1.29, 1.82) is 0 Å². The van der Waals surface area contributed by atoms with Crippen LogP contribution in [0.5, 0.6) is 0 Å². The van der Waals surface area contributed by atoms with Crippen LogP contribution in [0.3, 0.4) is 0 Å². The van der Waals surface area contributed by atoms with Gasteiger partial charge in [0.25, 0.3) is 0 Å². The second kappa shape index (κ2) is 5.67. The Morgan fingerprint density at radius 3 is 2.43 bits per heavy atom. The van der Waals surface area contributed by atoms with Crippen LogP contribution < -0.4 is 4.90 Å². The third kappa shape index (κ3) is 3.37. The minimum absolute atomic E-state index is 0.0969.